The highest BCUT2D eigenvalue weighted by Gasteiger charge is 2.37. The van der Waals surface area contributed by atoms with Crippen molar-refractivity contribution in [1.82, 2.24) is 24.5 Å². The topological polar surface area (TPSA) is 84.5 Å². The second-order valence-electron chi connectivity index (χ2n) is 10.9. The Morgan fingerprint density at radius 1 is 0.829 bits per heavy atom. The van der Waals surface area contributed by atoms with Gasteiger partial charge in [-0.05, 0) is 25.7 Å². The second kappa shape index (κ2) is 12.9. The molecule has 0 radical (unpaired) electrons. The fourth-order valence-corrected chi connectivity index (χ4v) is 5.06. The van der Waals surface area contributed by atoms with E-state index < -0.39 is 0 Å². The van der Waals surface area contributed by atoms with Crippen LogP contribution in [0.4, 0.5) is 0 Å². The molecule has 0 bridgehead atoms. The average molecular weight is 494 g/mol. The van der Waals surface area contributed by atoms with Gasteiger partial charge in [-0.2, -0.15) is 0 Å². The summed E-state index contributed by atoms with van der Waals surface area (Å²) in [6, 6.07) is 0. The summed E-state index contributed by atoms with van der Waals surface area (Å²) in [6.07, 6.45) is 3.82. The highest BCUT2D eigenvalue weighted by atomic mass is 16.2. The van der Waals surface area contributed by atoms with Gasteiger partial charge in [-0.25, -0.2) is 0 Å². The van der Waals surface area contributed by atoms with E-state index >= 15 is 0 Å². The van der Waals surface area contributed by atoms with Crippen molar-refractivity contribution in [2.75, 3.05) is 63.4 Å². The first-order valence-electron chi connectivity index (χ1n) is 12.4. The van der Waals surface area contributed by atoms with Gasteiger partial charge in [-0.15, -0.1) is 0 Å². The predicted octanol–water partition coefficient (Wildman–Crippen LogP) is 1.81. The van der Waals surface area contributed by atoms with Crippen LogP contribution in [0.2, 0.25) is 0 Å². The maximum absolute atomic E-state index is 13.3. The SMILES string of the molecule is CC(CC(CC1CC(CC(C)C(=O)N(C)C)C(=O)N(C)C=C1N(C)C)C(=O)N(C)C)C(=O)N(C)C. The minimum atomic E-state index is -0.364. The third kappa shape index (κ3) is 8.25. The predicted molar refractivity (Wildman–Crippen MR) is 138 cm³/mol. The summed E-state index contributed by atoms with van der Waals surface area (Å²) in [7, 11) is 16.0. The van der Waals surface area contributed by atoms with E-state index in [2.05, 4.69) is 0 Å². The molecule has 0 saturated carbocycles. The Hall–Kier alpha value is -2.58. The van der Waals surface area contributed by atoms with Crippen molar-refractivity contribution in [2.24, 2.45) is 29.6 Å². The van der Waals surface area contributed by atoms with Gasteiger partial charge in [0.1, 0.15) is 0 Å². The van der Waals surface area contributed by atoms with Gasteiger partial charge >= 0.3 is 0 Å². The van der Waals surface area contributed by atoms with Crippen molar-refractivity contribution in [3.63, 3.8) is 0 Å². The van der Waals surface area contributed by atoms with Crippen LogP contribution in [0, 0.1) is 29.6 Å². The van der Waals surface area contributed by atoms with E-state index in [1.54, 1.807) is 68.9 Å². The van der Waals surface area contributed by atoms with Crippen LogP contribution in [0.25, 0.3) is 0 Å². The first-order chi connectivity index (χ1) is 16.1. The lowest BCUT2D eigenvalue weighted by atomic mass is 9.79. The Morgan fingerprint density at radius 2 is 1.31 bits per heavy atom. The highest BCUT2D eigenvalue weighted by Crippen LogP contribution is 2.36. The molecule has 0 spiro atoms. The third-order valence-electron chi connectivity index (χ3n) is 6.89. The molecular formula is C26H47N5O4. The third-order valence-corrected chi connectivity index (χ3v) is 6.89. The molecule has 0 aromatic heterocycles. The quantitative estimate of drug-likeness (QED) is 0.463. The van der Waals surface area contributed by atoms with Crippen molar-refractivity contribution in [3.8, 4) is 0 Å². The number of amides is 4. The smallest absolute Gasteiger partial charge is 0.229 e. The molecule has 1 rings (SSSR count). The number of allylic oxidation sites excluding steroid dienone is 1. The van der Waals surface area contributed by atoms with Crippen LogP contribution in [-0.2, 0) is 19.2 Å². The summed E-state index contributed by atoms with van der Waals surface area (Å²) in [6.45, 7) is 3.73. The van der Waals surface area contributed by atoms with Gasteiger partial charge in [-0.3, -0.25) is 19.2 Å². The lowest BCUT2D eigenvalue weighted by Gasteiger charge is -2.32. The number of carbonyl (C=O) groups is 4. The zero-order valence-electron chi connectivity index (χ0n) is 23.7. The first kappa shape index (κ1) is 30.5. The Morgan fingerprint density at radius 3 is 1.77 bits per heavy atom. The normalized spacial score (nSPS) is 20.8. The molecule has 200 valence electrons. The van der Waals surface area contributed by atoms with Crippen molar-refractivity contribution in [3.05, 3.63) is 11.9 Å². The number of carbonyl (C=O) groups excluding carboxylic acids is 4. The summed E-state index contributed by atoms with van der Waals surface area (Å²) in [4.78, 5) is 59.9. The Balaban J connectivity index is 3.32. The number of nitrogens with zero attached hydrogens (tertiary/aromatic N) is 5. The molecule has 5 unspecified atom stereocenters. The summed E-state index contributed by atoms with van der Waals surface area (Å²) in [5, 5.41) is 0. The van der Waals surface area contributed by atoms with Crippen LogP contribution in [0.5, 0.6) is 0 Å². The molecule has 5 atom stereocenters. The van der Waals surface area contributed by atoms with Crippen LogP contribution in [0.3, 0.4) is 0 Å². The van der Waals surface area contributed by atoms with Gasteiger partial charge in [-0.1, -0.05) is 13.8 Å². The lowest BCUT2D eigenvalue weighted by Crippen LogP contribution is -2.37. The summed E-state index contributed by atoms with van der Waals surface area (Å²) in [5.74, 6) is -1.39. The van der Waals surface area contributed by atoms with Gasteiger partial charge in [0.25, 0.3) is 0 Å². The van der Waals surface area contributed by atoms with Crippen molar-refractivity contribution in [1.29, 1.82) is 0 Å². The van der Waals surface area contributed by atoms with Gasteiger partial charge < -0.3 is 24.5 Å². The molecule has 0 aromatic carbocycles. The van der Waals surface area contributed by atoms with E-state index in [1.807, 2.05) is 39.0 Å². The van der Waals surface area contributed by atoms with Gasteiger partial charge in [0, 0.05) is 105 Å². The van der Waals surface area contributed by atoms with Crippen molar-refractivity contribution < 1.29 is 19.2 Å². The van der Waals surface area contributed by atoms with Crippen LogP contribution >= 0.6 is 0 Å². The van der Waals surface area contributed by atoms with Gasteiger partial charge in [0.05, 0.1) is 0 Å². The van der Waals surface area contributed by atoms with Crippen LogP contribution in [0.1, 0.15) is 39.5 Å². The van der Waals surface area contributed by atoms with Crippen molar-refractivity contribution in [2.45, 2.75) is 39.5 Å². The molecule has 1 aliphatic heterocycles. The molecule has 9 heteroatoms. The Bertz CT molecular complexity index is 806. The fourth-order valence-electron chi connectivity index (χ4n) is 5.06. The molecule has 1 aliphatic rings. The molecule has 0 N–H and O–H groups in total. The largest absolute Gasteiger partial charge is 0.380 e. The standard InChI is InChI=1S/C26H47N5O4/c1-17(23(32)28(5)6)12-20(25(34)30(9)10)14-19-15-21(13-18(2)24(33)29(7)8)26(35)31(11)16-22(19)27(3)4/h16-21H,12-15H2,1-11H3. The average Bonchev–Trinajstić information content (AvgIpc) is 2.88. The molecule has 0 saturated heterocycles. The van der Waals surface area contributed by atoms with Gasteiger partial charge in [0.2, 0.25) is 23.6 Å². The van der Waals surface area contributed by atoms with E-state index in [1.165, 1.54) is 0 Å². The number of hydrogen-bond acceptors (Lipinski definition) is 5. The zero-order valence-corrected chi connectivity index (χ0v) is 23.7. The summed E-state index contributed by atoms with van der Waals surface area (Å²) >= 11 is 0. The van der Waals surface area contributed by atoms with E-state index in [4.69, 9.17) is 0 Å². The van der Waals surface area contributed by atoms with Crippen LogP contribution in [-0.4, -0.2) is 112 Å². The molecule has 1 heterocycles. The first-order valence-corrected chi connectivity index (χ1v) is 12.4. The molecule has 0 aliphatic carbocycles. The van der Waals surface area contributed by atoms with E-state index in [-0.39, 0.29) is 53.2 Å². The fraction of sp³-hybridized carbons (Fsp3) is 0.769. The molecule has 0 aromatic rings. The molecule has 0 fully saturated rings. The van der Waals surface area contributed by atoms with E-state index in [0.29, 0.717) is 25.7 Å². The minimum Gasteiger partial charge on any atom is -0.380 e. The van der Waals surface area contributed by atoms with Crippen LogP contribution < -0.4 is 0 Å². The second-order valence-corrected chi connectivity index (χ2v) is 10.9. The Labute approximate surface area is 212 Å². The maximum atomic E-state index is 13.3. The highest BCUT2D eigenvalue weighted by molar-refractivity contribution is 5.83. The zero-order chi connectivity index (χ0) is 27.2. The molecule has 9 nitrogen and oxygen atoms in total. The monoisotopic (exact) mass is 493 g/mol. The van der Waals surface area contributed by atoms with Crippen LogP contribution in [0.15, 0.2) is 11.9 Å². The summed E-state index contributed by atoms with van der Waals surface area (Å²) < 4.78 is 0. The van der Waals surface area contributed by atoms with E-state index in [0.717, 1.165) is 5.70 Å². The molecule has 4 amide bonds. The number of rotatable bonds is 10. The Kier molecular flexibility index (Phi) is 11.2. The van der Waals surface area contributed by atoms with Crippen molar-refractivity contribution >= 4 is 23.6 Å². The van der Waals surface area contributed by atoms with Gasteiger partial charge in [0.15, 0.2) is 0 Å². The number of hydrogen-bond donors (Lipinski definition) is 0. The molecule has 35 heavy (non-hydrogen) atoms. The minimum absolute atomic E-state index is 0.00118. The molecular weight excluding hydrogens is 446 g/mol. The summed E-state index contributed by atoms with van der Waals surface area (Å²) in [5.41, 5.74) is 0.970. The maximum Gasteiger partial charge on any atom is 0.229 e. The lowest BCUT2D eigenvalue weighted by molar-refractivity contribution is -0.137. The van der Waals surface area contributed by atoms with E-state index in [9.17, 15) is 19.2 Å².